The van der Waals surface area contributed by atoms with Crippen molar-refractivity contribution in [3.63, 3.8) is 0 Å². The normalized spacial score (nSPS) is 9.08. The molecule has 12 heavy (non-hydrogen) atoms. The second kappa shape index (κ2) is 4.36. The number of terminal acetylenes is 1. The van der Waals surface area contributed by atoms with E-state index in [1.807, 2.05) is 25.1 Å². The van der Waals surface area contributed by atoms with Gasteiger partial charge in [-0.1, -0.05) is 12.0 Å². The van der Waals surface area contributed by atoms with Crippen molar-refractivity contribution in [3.05, 3.63) is 27.3 Å². The molecule has 62 valence electrons. The fourth-order valence-electron chi connectivity index (χ4n) is 0.863. The Balaban J connectivity index is 2.86. The average molecular weight is 272 g/mol. The third-order valence-corrected chi connectivity index (χ3v) is 2.70. The Kier molecular flexibility index (Phi) is 3.42. The monoisotopic (exact) mass is 272 g/mol. The maximum atomic E-state index is 5.33. The van der Waals surface area contributed by atoms with Crippen molar-refractivity contribution in [1.29, 1.82) is 0 Å². The number of ether oxygens (including phenoxy) is 1. The lowest BCUT2D eigenvalue weighted by molar-refractivity contribution is 0.367. The van der Waals surface area contributed by atoms with Crippen LogP contribution in [0.5, 0.6) is 5.75 Å². The molecule has 0 N–H and O–H groups in total. The minimum atomic E-state index is 0.334. The standard InChI is InChI=1S/C10H9IO/c1-3-7-12-10-6-4-5-9(11)8(10)2/h1,4-6H,7H2,2H3. The summed E-state index contributed by atoms with van der Waals surface area (Å²) in [4.78, 5) is 0. The lowest BCUT2D eigenvalue weighted by atomic mass is 10.2. The van der Waals surface area contributed by atoms with Crippen LogP contribution in [0.4, 0.5) is 0 Å². The number of hydrogen-bond acceptors (Lipinski definition) is 1. The zero-order valence-electron chi connectivity index (χ0n) is 6.80. The van der Waals surface area contributed by atoms with E-state index in [4.69, 9.17) is 11.2 Å². The maximum Gasteiger partial charge on any atom is 0.148 e. The van der Waals surface area contributed by atoms with E-state index in [1.54, 1.807) is 0 Å². The molecule has 0 aromatic heterocycles. The van der Waals surface area contributed by atoms with Crippen molar-refractivity contribution < 1.29 is 4.74 Å². The molecule has 0 radical (unpaired) electrons. The van der Waals surface area contributed by atoms with Gasteiger partial charge >= 0.3 is 0 Å². The molecule has 0 saturated carbocycles. The van der Waals surface area contributed by atoms with E-state index >= 15 is 0 Å². The van der Waals surface area contributed by atoms with E-state index in [2.05, 4.69) is 28.5 Å². The van der Waals surface area contributed by atoms with Gasteiger partial charge in [0.1, 0.15) is 12.4 Å². The number of hydrogen-bond donors (Lipinski definition) is 0. The molecule has 0 aliphatic heterocycles. The Bertz CT molecular complexity index is 312. The van der Waals surface area contributed by atoms with Crippen molar-refractivity contribution in [2.45, 2.75) is 6.92 Å². The van der Waals surface area contributed by atoms with Gasteiger partial charge in [-0.2, -0.15) is 0 Å². The highest BCUT2D eigenvalue weighted by Gasteiger charge is 2.00. The van der Waals surface area contributed by atoms with E-state index in [9.17, 15) is 0 Å². The minimum absolute atomic E-state index is 0.334. The van der Waals surface area contributed by atoms with Crippen LogP contribution in [0.2, 0.25) is 0 Å². The van der Waals surface area contributed by atoms with Crippen LogP contribution in [-0.2, 0) is 0 Å². The van der Waals surface area contributed by atoms with Crippen LogP contribution in [0, 0.1) is 22.8 Å². The largest absolute Gasteiger partial charge is 0.481 e. The highest BCUT2D eigenvalue weighted by molar-refractivity contribution is 14.1. The van der Waals surface area contributed by atoms with Crippen LogP contribution in [0.1, 0.15) is 5.56 Å². The van der Waals surface area contributed by atoms with Crippen molar-refractivity contribution >= 4 is 22.6 Å². The van der Waals surface area contributed by atoms with Crippen molar-refractivity contribution in [2.75, 3.05) is 6.61 Å². The van der Waals surface area contributed by atoms with E-state index in [0.29, 0.717) is 6.61 Å². The Labute approximate surface area is 86.3 Å². The van der Waals surface area contributed by atoms with Gasteiger partial charge in [0.05, 0.1) is 0 Å². The third kappa shape index (κ3) is 2.15. The van der Waals surface area contributed by atoms with E-state index in [-0.39, 0.29) is 0 Å². The van der Waals surface area contributed by atoms with Gasteiger partial charge in [-0.3, -0.25) is 0 Å². The van der Waals surface area contributed by atoms with Gasteiger partial charge in [-0.25, -0.2) is 0 Å². The van der Waals surface area contributed by atoms with Gasteiger partial charge in [0.25, 0.3) is 0 Å². The molecule has 0 saturated heterocycles. The molecule has 0 spiro atoms. The average Bonchev–Trinajstić information content (AvgIpc) is 2.08. The molecule has 0 aliphatic carbocycles. The van der Waals surface area contributed by atoms with Gasteiger partial charge in [0, 0.05) is 9.13 Å². The molecule has 1 aromatic rings. The second-order valence-electron chi connectivity index (χ2n) is 2.36. The van der Waals surface area contributed by atoms with Crippen LogP contribution < -0.4 is 4.74 Å². The summed E-state index contributed by atoms with van der Waals surface area (Å²) >= 11 is 2.27. The predicted molar refractivity (Wildman–Crippen MR) is 58.2 cm³/mol. The summed E-state index contributed by atoms with van der Waals surface area (Å²) in [5, 5.41) is 0. The van der Waals surface area contributed by atoms with Crippen LogP contribution >= 0.6 is 22.6 Å². The summed E-state index contributed by atoms with van der Waals surface area (Å²) in [5.41, 5.74) is 1.15. The molecule has 0 amide bonds. The number of rotatable bonds is 2. The molecule has 0 fully saturated rings. The Morgan fingerprint density at radius 3 is 3.00 bits per heavy atom. The summed E-state index contributed by atoms with van der Waals surface area (Å²) in [7, 11) is 0. The summed E-state index contributed by atoms with van der Waals surface area (Å²) < 4.78 is 6.52. The van der Waals surface area contributed by atoms with Gasteiger partial charge < -0.3 is 4.74 Å². The van der Waals surface area contributed by atoms with Gasteiger partial charge in [-0.05, 0) is 41.6 Å². The zero-order chi connectivity index (χ0) is 8.97. The molecule has 0 aliphatic rings. The van der Waals surface area contributed by atoms with Crippen LogP contribution in [0.15, 0.2) is 18.2 Å². The summed E-state index contributed by atoms with van der Waals surface area (Å²) in [6.45, 7) is 2.36. The van der Waals surface area contributed by atoms with Gasteiger partial charge in [0.2, 0.25) is 0 Å². The second-order valence-corrected chi connectivity index (χ2v) is 3.52. The predicted octanol–water partition coefficient (Wildman–Crippen LogP) is 2.61. The zero-order valence-corrected chi connectivity index (χ0v) is 8.96. The smallest absolute Gasteiger partial charge is 0.148 e. The third-order valence-electron chi connectivity index (χ3n) is 1.53. The quantitative estimate of drug-likeness (QED) is 0.594. The number of benzene rings is 1. The first-order chi connectivity index (χ1) is 5.75. The molecule has 0 bridgehead atoms. The maximum absolute atomic E-state index is 5.33. The Morgan fingerprint density at radius 2 is 2.33 bits per heavy atom. The topological polar surface area (TPSA) is 9.23 Å². The summed E-state index contributed by atoms with van der Waals surface area (Å²) in [5.74, 6) is 3.31. The Morgan fingerprint density at radius 1 is 1.58 bits per heavy atom. The minimum Gasteiger partial charge on any atom is -0.481 e. The molecular formula is C10H9IO. The molecule has 1 nitrogen and oxygen atoms in total. The van der Waals surface area contributed by atoms with E-state index in [1.165, 1.54) is 3.57 Å². The fourth-order valence-corrected chi connectivity index (χ4v) is 1.34. The van der Waals surface area contributed by atoms with Crippen LogP contribution in [-0.4, -0.2) is 6.61 Å². The molecular weight excluding hydrogens is 263 g/mol. The lowest BCUT2D eigenvalue weighted by Gasteiger charge is -2.06. The molecule has 1 rings (SSSR count). The van der Waals surface area contributed by atoms with Crippen molar-refractivity contribution in [2.24, 2.45) is 0 Å². The number of halogens is 1. The van der Waals surface area contributed by atoms with E-state index in [0.717, 1.165) is 11.3 Å². The van der Waals surface area contributed by atoms with Crippen molar-refractivity contribution in [3.8, 4) is 18.1 Å². The molecule has 2 heteroatoms. The summed E-state index contributed by atoms with van der Waals surface area (Å²) in [6, 6.07) is 5.92. The van der Waals surface area contributed by atoms with Gasteiger partial charge in [0.15, 0.2) is 0 Å². The van der Waals surface area contributed by atoms with Crippen molar-refractivity contribution in [1.82, 2.24) is 0 Å². The first kappa shape index (κ1) is 9.40. The molecule has 0 unspecified atom stereocenters. The van der Waals surface area contributed by atoms with Crippen LogP contribution in [0.3, 0.4) is 0 Å². The SMILES string of the molecule is C#CCOc1cccc(I)c1C. The summed E-state index contributed by atoms with van der Waals surface area (Å²) in [6.07, 6.45) is 5.09. The first-order valence-corrected chi connectivity index (χ1v) is 4.65. The van der Waals surface area contributed by atoms with Gasteiger partial charge in [-0.15, -0.1) is 6.42 Å². The first-order valence-electron chi connectivity index (χ1n) is 3.57. The lowest BCUT2D eigenvalue weighted by Crippen LogP contribution is -1.96. The van der Waals surface area contributed by atoms with Crippen LogP contribution in [0.25, 0.3) is 0 Å². The van der Waals surface area contributed by atoms with E-state index < -0.39 is 0 Å². The highest BCUT2D eigenvalue weighted by atomic mass is 127. The fraction of sp³-hybridized carbons (Fsp3) is 0.200. The highest BCUT2D eigenvalue weighted by Crippen LogP contribution is 2.22. The Hall–Kier alpha value is -0.690. The molecule has 0 atom stereocenters. The molecule has 1 aromatic carbocycles. The molecule has 0 heterocycles.